The van der Waals surface area contributed by atoms with Crippen molar-refractivity contribution in [2.75, 3.05) is 19.0 Å². The van der Waals surface area contributed by atoms with Crippen molar-refractivity contribution in [3.05, 3.63) is 71.1 Å². The fraction of sp³-hybridized carbons (Fsp3) is 0.308. The standard InChI is InChI=1S/C26H28ClFN4O5/c1-17(33)32(30-15-20-9-5-11-22(28)25(20)27)21(10-6-12-24(34)36-2)16-37-26(35)31-23-13-18-7-3-4-8-19(18)14-29-23/h3-5,7-9,11,13-14,21,30H,6,10,12,15-16H2,1-2H3,(H,29,31,35)/t21-/m0/s1. The maximum absolute atomic E-state index is 13.8. The Kier molecular flexibility index (Phi) is 10.2. The van der Waals surface area contributed by atoms with E-state index < -0.39 is 23.9 Å². The third-order valence-electron chi connectivity index (χ3n) is 5.59. The summed E-state index contributed by atoms with van der Waals surface area (Å²) in [5.74, 6) is -1.02. The number of carbonyl (C=O) groups excluding carboxylic acids is 3. The largest absolute Gasteiger partial charge is 0.469 e. The molecule has 0 fully saturated rings. The number of ether oxygens (including phenoxy) is 2. The van der Waals surface area contributed by atoms with E-state index in [2.05, 4.69) is 20.5 Å². The topological polar surface area (TPSA) is 110 Å². The van der Waals surface area contributed by atoms with Crippen LogP contribution < -0.4 is 10.7 Å². The van der Waals surface area contributed by atoms with E-state index in [4.69, 9.17) is 16.3 Å². The van der Waals surface area contributed by atoms with Crippen molar-refractivity contribution in [3.8, 4) is 0 Å². The third kappa shape index (κ3) is 8.12. The number of esters is 1. The van der Waals surface area contributed by atoms with Crippen molar-refractivity contribution in [2.24, 2.45) is 0 Å². The fourth-order valence-electron chi connectivity index (χ4n) is 3.69. The highest BCUT2D eigenvalue weighted by atomic mass is 35.5. The molecule has 3 aromatic rings. The predicted octanol–water partition coefficient (Wildman–Crippen LogP) is 4.84. The smallest absolute Gasteiger partial charge is 0.412 e. The van der Waals surface area contributed by atoms with Crippen LogP contribution in [0.2, 0.25) is 5.02 Å². The van der Waals surface area contributed by atoms with Gasteiger partial charge in [0.1, 0.15) is 18.2 Å². The average Bonchev–Trinajstić information content (AvgIpc) is 2.88. The molecule has 1 heterocycles. The van der Waals surface area contributed by atoms with E-state index in [1.165, 1.54) is 31.2 Å². The molecule has 0 saturated heterocycles. The van der Waals surface area contributed by atoms with E-state index >= 15 is 0 Å². The van der Waals surface area contributed by atoms with Gasteiger partial charge in [-0.25, -0.2) is 19.6 Å². The Bertz CT molecular complexity index is 1260. The Morgan fingerprint density at radius 3 is 2.62 bits per heavy atom. The Labute approximate surface area is 218 Å². The molecule has 0 unspecified atom stereocenters. The Morgan fingerprint density at radius 2 is 1.89 bits per heavy atom. The molecule has 11 heteroatoms. The molecule has 37 heavy (non-hydrogen) atoms. The SMILES string of the molecule is COC(=O)CCC[C@@H](COC(=O)Nc1cc2ccccc2cn1)N(NCc1cccc(F)c1Cl)C(C)=O. The van der Waals surface area contributed by atoms with Crippen LogP contribution in [0.3, 0.4) is 0 Å². The molecule has 0 radical (unpaired) electrons. The number of fused-ring (bicyclic) bond motifs is 1. The second-order valence-electron chi connectivity index (χ2n) is 8.20. The van der Waals surface area contributed by atoms with Gasteiger partial charge in [-0.1, -0.05) is 48.0 Å². The molecule has 0 aliphatic carbocycles. The molecule has 0 spiro atoms. The number of carbonyl (C=O) groups is 3. The Balaban J connectivity index is 1.67. The van der Waals surface area contributed by atoms with Gasteiger partial charge in [-0.15, -0.1) is 0 Å². The maximum Gasteiger partial charge on any atom is 0.412 e. The zero-order valence-electron chi connectivity index (χ0n) is 20.5. The van der Waals surface area contributed by atoms with Gasteiger partial charge in [-0.05, 0) is 35.9 Å². The van der Waals surface area contributed by atoms with Gasteiger partial charge in [0.25, 0.3) is 0 Å². The number of rotatable bonds is 11. The van der Waals surface area contributed by atoms with E-state index in [0.717, 1.165) is 10.8 Å². The fourth-order valence-corrected chi connectivity index (χ4v) is 3.88. The second-order valence-corrected chi connectivity index (χ2v) is 8.58. The average molecular weight is 531 g/mol. The number of nitrogens with one attached hydrogen (secondary N) is 2. The summed E-state index contributed by atoms with van der Waals surface area (Å²) in [6, 6.07) is 13.0. The van der Waals surface area contributed by atoms with Gasteiger partial charge < -0.3 is 9.47 Å². The number of hydrazine groups is 1. The monoisotopic (exact) mass is 530 g/mol. The number of hydrogen-bond acceptors (Lipinski definition) is 7. The summed E-state index contributed by atoms with van der Waals surface area (Å²) in [4.78, 5) is 40.8. The van der Waals surface area contributed by atoms with Crippen LogP contribution >= 0.6 is 11.6 Å². The van der Waals surface area contributed by atoms with Crippen molar-refractivity contribution >= 4 is 46.2 Å². The molecule has 0 aliphatic heterocycles. The number of hydrogen-bond donors (Lipinski definition) is 2. The first-order valence-electron chi connectivity index (χ1n) is 11.6. The van der Waals surface area contributed by atoms with Crippen molar-refractivity contribution < 1.29 is 28.2 Å². The van der Waals surface area contributed by atoms with Crippen LogP contribution in [0.1, 0.15) is 31.7 Å². The molecule has 0 bridgehead atoms. The predicted molar refractivity (Wildman–Crippen MR) is 137 cm³/mol. The number of aromatic nitrogens is 1. The molecule has 196 valence electrons. The molecular weight excluding hydrogens is 503 g/mol. The van der Waals surface area contributed by atoms with Gasteiger partial charge in [-0.3, -0.25) is 19.9 Å². The second kappa shape index (κ2) is 13.5. The zero-order chi connectivity index (χ0) is 26.8. The van der Waals surface area contributed by atoms with Crippen LogP contribution in [0, 0.1) is 5.82 Å². The van der Waals surface area contributed by atoms with Gasteiger partial charge in [0.15, 0.2) is 0 Å². The number of methoxy groups -OCH3 is 1. The van der Waals surface area contributed by atoms with Gasteiger partial charge in [0.2, 0.25) is 5.91 Å². The maximum atomic E-state index is 13.8. The lowest BCUT2D eigenvalue weighted by Gasteiger charge is -2.31. The highest BCUT2D eigenvalue weighted by molar-refractivity contribution is 6.31. The van der Waals surface area contributed by atoms with E-state index in [-0.39, 0.29) is 30.5 Å². The van der Waals surface area contributed by atoms with Crippen molar-refractivity contribution in [3.63, 3.8) is 0 Å². The molecule has 2 amide bonds. The van der Waals surface area contributed by atoms with Crippen molar-refractivity contribution in [1.82, 2.24) is 15.4 Å². The lowest BCUT2D eigenvalue weighted by atomic mass is 10.1. The first-order valence-corrected chi connectivity index (χ1v) is 12.0. The quantitative estimate of drug-likeness (QED) is 0.269. The van der Waals surface area contributed by atoms with Crippen LogP contribution in [0.25, 0.3) is 10.8 Å². The number of benzene rings is 2. The molecule has 1 atom stereocenters. The number of halogens is 2. The summed E-state index contributed by atoms with van der Waals surface area (Å²) in [5.41, 5.74) is 3.39. The van der Waals surface area contributed by atoms with E-state index in [1.807, 2.05) is 24.3 Å². The highest BCUT2D eigenvalue weighted by Crippen LogP contribution is 2.20. The van der Waals surface area contributed by atoms with Crippen LogP contribution in [-0.2, 0) is 25.6 Å². The van der Waals surface area contributed by atoms with E-state index in [0.29, 0.717) is 24.2 Å². The normalized spacial score (nSPS) is 11.6. The molecule has 1 aromatic heterocycles. The molecule has 0 aliphatic rings. The minimum atomic E-state index is -0.752. The number of pyridine rings is 1. The highest BCUT2D eigenvalue weighted by Gasteiger charge is 2.24. The molecule has 3 rings (SSSR count). The van der Waals surface area contributed by atoms with Crippen molar-refractivity contribution in [2.45, 2.75) is 38.8 Å². The summed E-state index contributed by atoms with van der Waals surface area (Å²) < 4.78 is 23.9. The molecule has 2 aromatic carbocycles. The summed E-state index contributed by atoms with van der Waals surface area (Å²) >= 11 is 6.03. The number of anilines is 1. The van der Waals surface area contributed by atoms with Crippen LogP contribution in [-0.4, -0.2) is 47.7 Å². The first-order chi connectivity index (χ1) is 17.8. The lowest BCUT2D eigenvalue weighted by Crippen LogP contribution is -2.50. The third-order valence-corrected chi connectivity index (χ3v) is 6.01. The van der Waals surface area contributed by atoms with Crippen LogP contribution in [0.15, 0.2) is 54.7 Å². The minimum absolute atomic E-state index is 0.0525. The Hall–Kier alpha value is -3.76. The summed E-state index contributed by atoms with van der Waals surface area (Å²) in [6.45, 7) is 1.22. The van der Waals surface area contributed by atoms with Crippen LogP contribution in [0.4, 0.5) is 15.0 Å². The number of amides is 2. The van der Waals surface area contributed by atoms with Gasteiger partial charge in [0.05, 0.1) is 18.2 Å². The molecular formula is C26H28ClFN4O5. The summed E-state index contributed by atoms with van der Waals surface area (Å²) in [5, 5.41) is 5.64. The van der Waals surface area contributed by atoms with Crippen LogP contribution in [0.5, 0.6) is 0 Å². The van der Waals surface area contributed by atoms with Gasteiger partial charge in [0, 0.05) is 31.5 Å². The molecule has 0 saturated carbocycles. The van der Waals surface area contributed by atoms with Gasteiger partial charge >= 0.3 is 12.1 Å². The molecule has 2 N–H and O–H groups in total. The van der Waals surface area contributed by atoms with E-state index in [1.54, 1.807) is 18.3 Å². The number of nitrogens with zero attached hydrogens (tertiary/aromatic N) is 2. The summed E-state index contributed by atoms with van der Waals surface area (Å²) in [6.07, 6.45) is 1.71. The summed E-state index contributed by atoms with van der Waals surface area (Å²) in [7, 11) is 1.29. The molecule has 9 nitrogen and oxygen atoms in total. The Morgan fingerprint density at radius 1 is 1.14 bits per heavy atom. The zero-order valence-corrected chi connectivity index (χ0v) is 21.3. The minimum Gasteiger partial charge on any atom is -0.469 e. The lowest BCUT2D eigenvalue weighted by molar-refractivity contribution is -0.140. The van der Waals surface area contributed by atoms with Gasteiger partial charge in [-0.2, -0.15) is 0 Å². The van der Waals surface area contributed by atoms with E-state index in [9.17, 15) is 18.8 Å². The first kappa shape index (κ1) is 27.8. The van der Waals surface area contributed by atoms with Crippen molar-refractivity contribution in [1.29, 1.82) is 0 Å².